The van der Waals surface area contributed by atoms with E-state index in [1.165, 1.54) is 11.8 Å². The highest BCUT2D eigenvalue weighted by Gasteiger charge is 2.79. The molecular weight excluding hydrogens is 440 g/mol. The summed E-state index contributed by atoms with van der Waals surface area (Å²) in [5, 5.41) is 22.3. The molecule has 30 heavy (non-hydrogen) atoms. The predicted molar refractivity (Wildman–Crippen MR) is 107 cm³/mol. The number of rotatable bonds is 8. The number of fused-ring (bicyclic) bond motifs is 1. The second kappa shape index (κ2) is 8.25. The van der Waals surface area contributed by atoms with Gasteiger partial charge in [-0.15, -0.1) is 0 Å². The van der Waals surface area contributed by atoms with E-state index < -0.39 is 73.8 Å². The smallest absolute Gasteiger partial charge is 0.408 e. The Labute approximate surface area is 178 Å². The zero-order valence-corrected chi connectivity index (χ0v) is 18.6. The minimum Gasteiger partial charge on any atom is -0.481 e. The largest absolute Gasteiger partial charge is 0.481 e. The van der Waals surface area contributed by atoms with Gasteiger partial charge < -0.3 is 25.6 Å². The lowest BCUT2D eigenvalue weighted by molar-refractivity contribution is -0.148. The first-order valence-corrected chi connectivity index (χ1v) is 12.3. The van der Waals surface area contributed by atoms with Gasteiger partial charge in [0.2, 0.25) is 5.91 Å². The van der Waals surface area contributed by atoms with E-state index in [2.05, 4.69) is 10.6 Å². The van der Waals surface area contributed by atoms with E-state index in [1.54, 1.807) is 27.0 Å². The molecule has 2 rings (SSSR count). The summed E-state index contributed by atoms with van der Waals surface area (Å²) in [5.74, 6) is -7.11. The highest BCUT2D eigenvalue weighted by atomic mass is 32.2. The van der Waals surface area contributed by atoms with E-state index in [4.69, 9.17) is 4.74 Å². The van der Waals surface area contributed by atoms with E-state index in [-0.39, 0.29) is 6.42 Å². The molecule has 1 saturated heterocycles. The summed E-state index contributed by atoms with van der Waals surface area (Å²) in [5.41, 5.74) is -3.10. The molecule has 0 unspecified atom stereocenters. The van der Waals surface area contributed by atoms with Gasteiger partial charge in [0.05, 0.1) is 16.9 Å². The minimum absolute atomic E-state index is 0.130. The van der Waals surface area contributed by atoms with Crippen LogP contribution in [0.25, 0.3) is 0 Å². The van der Waals surface area contributed by atoms with E-state index in [9.17, 15) is 37.8 Å². The lowest BCUT2D eigenvalue weighted by Gasteiger charge is -2.30. The Bertz CT molecular complexity index is 852. The number of carbonyl (C=O) groups excluding carboxylic acids is 2. The fourth-order valence-corrected chi connectivity index (χ4v) is 6.94. The molecule has 2 aliphatic rings. The molecule has 1 heterocycles. The summed E-state index contributed by atoms with van der Waals surface area (Å²) in [6.07, 6.45) is 1.02. The van der Waals surface area contributed by atoms with Crippen molar-refractivity contribution in [3.63, 3.8) is 0 Å². The van der Waals surface area contributed by atoms with Crippen molar-refractivity contribution in [1.82, 2.24) is 10.6 Å². The van der Waals surface area contributed by atoms with Gasteiger partial charge in [-0.3, -0.25) is 9.59 Å². The zero-order valence-electron chi connectivity index (χ0n) is 17.0. The van der Waals surface area contributed by atoms with Gasteiger partial charge in [-0.2, -0.15) is 11.8 Å². The number of carbonyl (C=O) groups is 4. The van der Waals surface area contributed by atoms with Crippen LogP contribution >= 0.6 is 11.8 Å². The number of alkyl carbamates (subject to hydrolysis) is 1. The summed E-state index contributed by atoms with van der Waals surface area (Å²) < 4.78 is 29.8. The summed E-state index contributed by atoms with van der Waals surface area (Å²) in [6.45, 7) is 4.89. The highest BCUT2D eigenvalue weighted by molar-refractivity contribution is 7.98. The first-order chi connectivity index (χ1) is 13.7. The van der Waals surface area contributed by atoms with Gasteiger partial charge in [0.15, 0.2) is 15.4 Å². The average Bonchev–Trinajstić information content (AvgIpc) is 3.28. The third-order valence-electron chi connectivity index (χ3n) is 5.00. The van der Waals surface area contributed by atoms with E-state index in [0.717, 1.165) is 0 Å². The van der Waals surface area contributed by atoms with E-state index in [0.29, 0.717) is 5.75 Å². The van der Waals surface area contributed by atoms with Crippen LogP contribution in [0.3, 0.4) is 0 Å². The molecule has 11 nitrogen and oxygen atoms in total. The lowest BCUT2D eigenvalue weighted by Crippen LogP contribution is -2.62. The Hall–Kier alpha value is -2.02. The number of sulfone groups is 1. The molecule has 0 aromatic rings. The van der Waals surface area contributed by atoms with Crippen molar-refractivity contribution in [2.24, 2.45) is 11.8 Å². The van der Waals surface area contributed by atoms with Crippen molar-refractivity contribution in [3.8, 4) is 0 Å². The fraction of sp³-hybridized carbons (Fsp3) is 0.765. The maximum atomic E-state index is 12.9. The fourth-order valence-electron chi connectivity index (χ4n) is 3.76. The average molecular weight is 467 g/mol. The molecule has 5 atom stereocenters. The molecule has 4 N–H and O–H groups in total. The van der Waals surface area contributed by atoms with Crippen LogP contribution in [0.15, 0.2) is 0 Å². The van der Waals surface area contributed by atoms with Crippen LogP contribution < -0.4 is 10.6 Å². The monoisotopic (exact) mass is 466 g/mol. The number of carboxylic acids is 2. The molecule has 2 amide bonds. The molecule has 2 fully saturated rings. The van der Waals surface area contributed by atoms with Crippen LogP contribution in [0.4, 0.5) is 4.79 Å². The molecule has 0 aromatic carbocycles. The normalized spacial score (nSPS) is 29.9. The number of carboxylic acid groups (broad SMARTS) is 2. The van der Waals surface area contributed by atoms with Crippen LogP contribution in [0.1, 0.15) is 27.2 Å². The molecule has 1 aliphatic carbocycles. The van der Waals surface area contributed by atoms with Gasteiger partial charge in [-0.1, -0.05) is 0 Å². The first-order valence-electron chi connectivity index (χ1n) is 9.14. The number of thioether (sulfide) groups is 1. The Kier molecular flexibility index (Phi) is 6.67. The lowest BCUT2D eigenvalue weighted by atomic mass is 9.93. The molecule has 0 spiro atoms. The number of hydrogen-bond donors (Lipinski definition) is 4. The van der Waals surface area contributed by atoms with Crippen LogP contribution in [-0.2, 0) is 29.0 Å². The molecule has 170 valence electrons. The summed E-state index contributed by atoms with van der Waals surface area (Å²) in [7, 11) is -4.03. The molecular formula is C17H26N2O9S2. The number of ether oxygens (including phenoxy) is 1. The van der Waals surface area contributed by atoms with Crippen molar-refractivity contribution < 1.29 is 42.5 Å². The third kappa shape index (κ3) is 4.82. The van der Waals surface area contributed by atoms with Crippen LogP contribution in [-0.4, -0.2) is 82.8 Å². The maximum absolute atomic E-state index is 12.9. The summed E-state index contributed by atoms with van der Waals surface area (Å²) in [4.78, 5) is 48.3. The minimum atomic E-state index is -4.03. The summed E-state index contributed by atoms with van der Waals surface area (Å²) >= 11 is 1.39. The van der Waals surface area contributed by atoms with Gasteiger partial charge >= 0.3 is 18.0 Å². The van der Waals surface area contributed by atoms with Crippen molar-refractivity contribution in [2.75, 3.05) is 17.8 Å². The quantitative estimate of drug-likeness (QED) is 0.371. The SMILES string of the molecule is CSCC[C@@H](NC(=O)OC(C)(C)C)C(=O)N[C@@]1(C(=O)O)CS(=O)(=O)[C@H]2[C@H](C(=O)O)[C@H]21. The third-order valence-corrected chi connectivity index (χ3v) is 7.92. The Morgan fingerprint density at radius 2 is 1.83 bits per heavy atom. The van der Waals surface area contributed by atoms with Crippen LogP contribution in [0, 0.1) is 11.8 Å². The van der Waals surface area contributed by atoms with Crippen molar-refractivity contribution in [2.45, 2.75) is 49.6 Å². The standard InChI is InChI=1S/C17H26N2O9S2/c1-16(2,3)28-15(25)18-8(5-6-29-4)12(20)19-17(14(23)24)7-30(26,27)11-9(10(11)17)13(21)22/h8-11H,5-7H2,1-4H3,(H,18,25)(H,19,20)(H,21,22)(H,23,24)/t8-,9-,10-,11+,17+/m1/s1. The zero-order chi connectivity index (χ0) is 23.1. The highest BCUT2D eigenvalue weighted by Crippen LogP contribution is 2.57. The topological polar surface area (TPSA) is 176 Å². The molecule has 0 aromatic heterocycles. The van der Waals surface area contributed by atoms with Gasteiger partial charge in [-0.05, 0) is 39.2 Å². The number of aliphatic carboxylic acids is 2. The van der Waals surface area contributed by atoms with E-state index in [1.807, 2.05) is 0 Å². The number of amides is 2. The molecule has 0 bridgehead atoms. The predicted octanol–water partition coefficient (Wildman–Crippen LogP) is -0.300. The van der Waals surface area contributed by atoms with E-state index >= 15 is 0 Å². The molecule has 13 heteroatoms. The van der Waals surface area contributed by atoms with Gasteiger partial charge in [-0.25, -0.2) is 18.0 Å². The Morgan fingerprint density at radius 3 is 2.27 bits per heavy atom. The van der Waals surface area contributed by atoms with Crippen molar-refractivity contribution in [3.05, 3.63) is 0 Å². The maximum Gasteiger partial charge on any atom is 0.408 e. The van der Waals surface area contributed by atoms with Gasteiger partial charge in [0, 0.05) is 5.92 Å². The van der Waals surface area contributed by atoms with Gasteiger partial charge in [0.25, 0.3) is 0 Å². The number of hydrogen-bond acceptors (Lipinski definition) is 8. The summed E-state index contributed by atoms with van der Waals surface area (Å²) in [6, 6.07) is -1.19. The second-order valence-corrected chi connectivity index (χ2v) is 11.6. The van der Waals surface area contributed by atoms with Crippen LogP contribution in [0.2, 0.25) is 0 Å². The molecule has 0 radical (unpaired) electrons. The van der Waals surface area contributed by atoms with Crippen molar-refractivity contribution >= 4 is 45.5 Å². The Balaban J connectivity index is 2.26. The molecule has 1 aliphatic heterocycles. The van der Waals surface area contributed by atoms with Crippen LogP contribution in [0.5, 0.6) is 0 Å². The Morgan fingerprint density at radius 1 is 1.23 bits per heavy atom. The van der Waals surface area contributed by atoms with Gasteiger partial charge in [0.1, 0.15) is 11.6 Å². The number of nitrogens with one attached hydrogen (secondary N) is 2. The van der Waals surface area contributed by atoms with Crippen molar-refractivity contribution in [1.29, 1.82) is 0 Å². The first kappa shape index (κ1) is 24.3. The molecule has 1 saturated carbocycles. The second-order valence-electron chi connectivity index (χ2n) is 8.41.